The van der Waals surface area contributed by atoms with Gasteiger partial charge in [-0.15, -0.1) is 0 Å². The van der Waals surface area contributed by atoms with Crippen LogP contribution in [-0.2, 0) is 0 Å². The topological polar surface area (TPSA) is 67.0 Å². The normalized spacial score (nSPS) is 11.9. The molecule has 0 aliphatic carbocycles. The summed E-state index contributed by atoms with van der Waals surface area (Å²) in [4.78, 5) is 21.6. The van der Waals surface area contributed by atoms with Gasteiger partial charge in [0.15, 0.2) is 0 Å². The second-order valence-electron chi connectivity index (χ2n) is 6.65. The second kappa shape index (κ2) is 7.14. The lowest BCUT2D eigenvalue weighted by Gasteiger charge is -2.21. The molecular formula is C23H17N3O2S. The summed E-state index contributed by atoms with van der Waals surface area (Å²) in [7, 11) is 1.63. The van der Waals surface area contributed by atoms with Crippen LogP contribution in [-0.4, -0.2) is 17.1 Å². The van der Waals surface area contributed by atoms with Crippen molar-refractivity contribution in [3.05, 3.63) is 83.3 Å². The maximum Gasteiger partial charge on any atom is 0.345 e. The summed E-state index contributed by atoms with van der Waals surface area (Å²) in [5.74, 6) is 0.768. The molecule has 0 bridgehead atoms. The highest BCUT2D eigenvalue weighted by molar-refractivity contribution is 7.99. The van der Waals surface area contributed by atoms with E-state index in [2.05, 4.69) is 33.5 Å². The quantitative estimate of drug-likeness (QED) is 0.430. The number of aromatic amines is 1. The van der Waals surface area contributed by atoms with Gasteiger partial charge in [0.25, 0.3) is 0 Å². The second-order valence-corrected chi connectivity index (χ2v) is 7.73. The van der Waals surface area contributed by atoms with Crippen LogP contribution in [0.5, 0.6) is 5.75 Å². The summed E-state index contributed by atoms with van der Waals surface area (Å²) in [6.45, 7) is 0. The average molecular weight is 399 g/mol. The number of hydrogen-bond acceptors (Lipinski definition) is 5. The Morgan fingerprint density at radius 3 is 2.45 bits per heavy atom. The van der Waals surface area contributed by atoms with E-state index < -0.39 is 0 Å². The minimum atomic E-state index is -0.376. The molecule has 0 amide bonds. The van der Waals surface area contributed by atoms with Crippen molar-refractivity contribution in [2.75, 3.05) is 12.4 Å². The standard InChI is InChI=1S/C23H17N3O2S/c1-28-16-9-6-14(7-10-16)18-13-19(26-23(27)25-18)15-8-11-22-20(12-15)24-17-4-2-3-5-21(17)29-22/h2-13,24H,1H3,(H,25,26,27). The predicted molar refractivity (Wildman–Crippen MR) is 116 cm³/mol. The molecule has 5 rings (SSSR count). The molecule has 142 valence electrons. The van der Waals surface area contributed by atoms with Crippen molar-refractivity contribution in [2.45, 2.75) is 9.79 Å². The number of nitrogens with one attached hydrogen (secondary N) is 2. The molecule has 1 aliphatic rings. The van der Waals surface area contributed by atoms with Gasteiger partial charge in [0.2, 0.25) is 0 Å². The molecule has 29 heavy (non-hydrogen) atoms. The Kier molecular flexibility index (Phi) is 4.33. The van der Waals surface area contributed by atoms with Crippen molar-refractivity contribution in [1.82, 2.24) is 9.97 Å². The Labute approximate surface area is 171 Å². The molecule has 4 aromatic rings. The zero-order valence-corrected chi connectivity index (χ0v) is 16.4. The van der Waals surface area contributed by atoms with Crippen molar-refractivity contribution in [3.63, 3.8) is 0 Å². The van der Waals surface area contributed by atoms with Gasteiger partial charge in [0, 0.05) is 15.4 Å². The van der Waals surface area contributed by atoms with Crippen molar-refractivity contribution in [1.29, 1.82) is 0 Å². The lowest BCUT2D eigenvalue weighted by molar-refractivity contribution is 0.415. The molecule has 2 heterocycles. The van der Waals surface area contributed by atoms with Gasteiger partial charge < -0.3 is 15.0 Å². The Bertz CT molecular complexity index is 1270. The maximum absolute atomic E-state index is 12.2. The first kappa shape index (κ1) is 17.6. The monoisotopic (exact) mass is 399 g/mol. The fourth-order valence-corrected chi connectivity index (χ4v) is 4.30. The highest BCUT2D eigenvalue weighted by Gasteiger charge is 2.16. The van der Waals surface area contributed by atoms with E-state index in [1.165, 1.54) is 4.90 Å². The van der Waals surface area contributed by atoms with Crippen LogP contribution < -0.4 is 15.7 Å². The van der Waals surface area contributed by atoms with Crippen molar-refractivity contribution in [3.8, 4) is 28.3 Å². The summed E-state index contributed by atoms with van der Waals surface area (Å²) in [5.41, 5.74) is 4.85. The minimum Gasteiger partial charge on any atom is -0.497 e. The first-order chi connectivity index (χ1) is 14.2. The van der Waals surface area contributed by atoms with Crippen molar-refractivity contribution < 1.29 is 4.74 Å². The molecule has 0 spiro atoms. The maximum atomic E-state index is 12.2. The number of methoxy groups -OCH3 is 1. The Hall–Kier alpha value is -3.51. The molecule has 1 aromatic heterocycles. The largest absolute Gasteiger partial charge is 0.497 e. The van der Waals surface area contributed by atoms with Crippen LogP contribution in [0.15, 0.2) is 87.4 Å². The van der Waals surface area contributed by atoms with Gasteiger partial charge in [-0.1, -0.05) is 30.0 Å². The van der Waals surface area contributed by atoms with Crippen LogP contribution >= 0.6 is 11.8 Å². The van der Waals surface area contributed by atoms with Crippen LogP contribution in [0.25, 0.3) is 22.5 Å². The van der Waals surface area contributed by atoms with Gasteiger partial charge in [0.05, 0.1) is 29.9 Å². The summed E-state index contributed by atoms with van der Waals surface area (Å²) in [5, 5.41) is 3.48. The van der Waals surface area contributed by atoms with E-state index in [1.54, 1.807) is 18.9 Å². The number of H-pyrrole nitrogens is 1. The van der Waals surface area contributed by atoms with Gasteiger partial charge in [0.1, 0.15) is 5.75 Å². The van der Waals surface area contributed by atoms with E-state index in [4.69, 9.17) is 4.74 Å². The number of hydrogen-bond donors (Lipinski definition) is 2. The predicted octanol–water partition coefficient (Wildman–Crippen LogP) is 5.32. The fourth-order valence-electron chi connectivity index (χ4n) is 3.33. The number of ether oxygens (including phenoxy) is 1. The number of benzene rings is 3. The molecule has 2 N–H and O–H groups in total. The minimum absolute atomic E-state index is 0.376. The third kappa shape index (κ3) is 3.39. The molecule has 3 aromatic carbocycles. The lowest BCUT2D eigenvalue weighted by Crippen LogP contribution is -2.12. The van der Waals surface area contributed by atoms with E-state index in [0.717, 1.165) is 33.1 Å². The molecular weight excluding hydrogens is 382 g/mol. The number of nitrogens with zero attached hydrogens (tertiary/aromatic N) is 1. The molecule has 0 atom stereocenters. The zero-order chi connectivity index (χ0) is 19.8. The Balaban J connectivity index is 1.53. The highest BCUT2D eigenvalue weighted by Crippen LogP contribution is 2.45. The van der Waals surface area contributed by atoms with E-state index in [-0.39, 0.29) is 5.69 Å². The smallest absolute Gasteiger partial charge is 0.345 e. The molecule has 5 nitrogen and oxygen atoms in total. The number of rotatable bonds is 3. The molecule has 0 saturated heterocycles. The van der Waals surface area contributed by atoms with Gasteiger partial charge in [-0.3, -0.25) is 0 Å². The van der Waals surface area contributed by atoms with Crippen LogP contribution in [0, 0.1) is 0 Å². The van der Waals surface area contributed by atoms with Gasteiger partial charge >= 0.3 is 5.69 Å². The Morgan fingerprint density at radius 2 is 1.62 bits per heavy atom. The summed E-state index contributed by atoms with van der Waals surface area (Å²) < 4.78 is 5.21. The number of aromatic nitrogens is 2. The van der Waals surface area contributed by atoms with E-state index in [1.807, 2.05) is 54.6 Å². The van der Waals surface area contributed by atoms with E-state index >= 15 is 0 Å². The van der Waals surface area contributed by atoms with Gasteiger partial charge in [-0.25, -0.2) is 4.79 Å². The molecule has 0 saturated carbocycles. The molecule has 1 aliphatic heterocycles. The van der Waals surface area contributed by atoms with Crippen LogP contribution in [0.4, 0.5) is 11.4 Å². The molecule has 0 radical (unpaired) electrons. The zero-order valence-electron chi connectivity index (χ0n) is 15.6. The number of para-hydroxylation sites is 1. The number of fused-ring (bicyclic) bond motifs is 2. The first-order valence-corrected chi connectivity index (χ1v) is 9.95. The third-order valence-corrected chi connectivity index (χ3v) is 5.95. The average Bonchev–Trinajstić information content (AvgIpc) is 2.77. The van der Waals surface area contributed by atoms with Crippen molar-refractivity contribution >= 4 is 23.1 Å². The molecule has 0 fully saturated rings. The van der Waals surface area contributed by atoms with Crippen LogP contribution in [0.2, 0.25) is 0 Å². The first-order valence-electron chi connectivity index (χ1n) is 9.14. The van der Waals surface area contributed by atoms with Crippen molar-refractivity contribution in [2.24, 2.45) is 0 Å². The van der Waals surface area contributed by atoms with Gasteiger partial charge in [-0.05, 0) is 60.2 Å². The molecule has 6 heteroatoms. The summed E-state index contributed by atoms with van der Waals surface area (Å²) >= 11 is 1.73. The highest BCUT2D eigenvalue weighted by atomic mass is 32.2. The summed E-state index contributed by atoms with van der Waals surface area (Å²) in [6.07, 6.45) is 0. The SMILES string of the molecule is COc1ccc(-c2cc(-c3ccc4c(c3)Nc3ccccc3S4)nc(=O)[nH]2)cc1. The van der Waals surface area contributed by atoms with E-state index in [0.29, 0.717) is 11.4 Å². The fraction of sp³-hybridized carbons (Fsp3) is 0.0435. The third-order valence-electron chi connectivity index (χ3n) is 4.80. The molecule has 0 unspecified atom stereocenters. The van der Waals surface area contributed by atoms with Crippen LogP contribution in [0.3, 0.4) is 0 Å². The van der Waals surface area contributed by atoms with Crippen LogP contribution in [0.1, 0.15) is 0 Å². The van der Waals surface area contributed by atoms with E-state index in [9.17, 15) is 4.79 Å². The number of anilines is 2. The van der Waals surface area contributed by atoms with Gasteiger partial charge in [-0.2, -0.15) is 4.98 Å². The Morgan fingerprint density at radius 1 is 0.862 bits per heavy atom. The lowest BCUT2D eigenvalue weighted by atomic mass is 10.1. The summed E-state index contributed by atoms with van der Waals surface area (Å²) in [6, 6.07) is 23.8.